The minimum absolute atomic E-state index is 0.0118. The highest BCUT2D eigenvalue weighted by molar-refractivity contribution is 5.54. The second-order valence-electron chi connectivity index (χ2n) is 6.62. The van der Waals surface area contributed by atoms with Crippen molar-refractivity contribution in [3.8, 4) is 0 Å². The van der Waals surface area contributed by atoms with Crippen molar-refractivity contribution in [3.05, 3.63) is 11.3 Å². The third kappa shape index (κ3) is 2.90. The molecule has 2 aliphatic rings. The van der Waals surface area contributed by atoms with Crippen molar-refractivity contribution in [3.63, 3.8) is 0 Å². The monoisotopic (exact) mass is 306 g/mol. The zero-order valence-electron chi connectivity index (χ0n) is 13.5. The molecule has 1 fully saturated rings. The maximum absolute atomic E-state index is 10.2. The van der Waals surface area contributed by atoms with Crippen molar-refractivity contribution in [2.45, 2.75) is 38.2 Å². The number of aromatic nitrogens is 2. The zero-order chi connectivity index (χ0) is 15.7. The number of β-amino-alcohol motifs (C(OH)–C–C–N with tert-alkyl or cyclic N) is 1. The summed E-state index contributed by atoms with van der Waals surface area (Å²) in [5.41, 5.74) is 2.42. The van der Waals surface area contributed by atoms with Gasteiger partial charge in [0, 0.05) is 45.3 Å². The smallest absolute Gasteiger partial charge is 0.227 e. The number of aliphatic hydroxyl groups excluding tert-OH is 2. The van der Waals surface area contributed by atoms with Gasteiger partial charge in [0.25, 0.3) is 0 Å². The molecule has 22 heavy (non-hydrogen) atoms. The summed E-state index contributed by atoms with van der Waals surface area (Å²) in [6.07, 6.45) is 4.71. The number of hydrogen-bond acceptors (Lipinski definition) is 6. The highest BCUT2D eigenvalue weighted by Crippen LogP contribution is 2.32. The van der Waals surface area contributed by atoms with Gasteiger partial charge >= 0.3 is 0 Å². The summed E-state index contributed by atoms with van der Waals surface area (Å²) >= 11 is 0. The Morgan fingerprint density at radius 2 is 2.00 bits per heavy atom. The maximum Gasteiger partial charge on any atom is 0.227 e. The van der Waals surface area contributed by atoms with Gasteiger partial charge in [-0.15, -0.1) is 0 Å². The fourth-order valence-electron chi connectivity index (χ4n) is 3.41. The summed E-state index contributed by atoms with van der Waals surface area (Å²) < 4.78 is 0. The fraction of sp³-hybridized carbons (Fsp3) is 0.750. The summed E-state index contributed by atoms with van der Waals surface area (Å²) in [4.78, 5) is 13.6. The molecule has 2 N–H and O–H groups in total. The number of piperidine rings is 1. The van der Waals surface area contributed by atoms with E-state index in [-0.39, 0.29) is 12.5 Å². The van der Waals surface area contributed by atoms with Crippen LogP contribution in [0.15, 0.2) is 0 Å². The van der Waals surface area contributed by atoms with Crippen molar-refractivity contribution in [1.82, 2.24) is 9.97 Å². The van der Waals surface area contributed by atoms with Gasteiger partial charge in [-0.05, 0) is 32.1 Å². The SMILES string of the molecule is CN(C)c1nc2c(c(N3CC[C@H](CO)[C@@H](O)C3)n1)CCCC2. The third-order valence-corrected chi connectivity index (χ3v) is 4.80. The summed E-state index contributed by atoms with van der Waals surface area (Å²) in [5.74, 6) is 1.72. The van der Waals surface area contributed by atoms with E-state index in [1.807, 2.05) is 19.0 Å². The molecule has 1 aromatic rings. The van der Waals surface area contributed by atoms with E-state index in [0.717, 1.165) is 37.6 Å². The Hall–Kier alpha value is -1.40. The number of aryl methyl sites for hydroxylation is 1. The van der Waals surface area contributed by atoms with Gasteiger partial charge in [0.2, 0.25) is 5.95 Å². The minimum atomic E-state index is -0.490. The van der Waals surface area contributed by atoms with Crippen LogP contribution in [0.3, 0.4) is 0 Å². The summed E-state index contributed by atoms with van der Waals surface area (Å²) in [6.45, 7) is 1.43. The number of rotatable bonds is 3. The molecule has 0 saturated carbocycles. The van der Waals surface area contributed by atoms with Gasteiger partial charge in [-0.3, -0.25) is 0 Å². The second kappa shape index (κ2) is 6.38. The molecule has 0 spiro atoms. The van der Waals surface area contributed by atoms with Crippen molar-refractivity contribution in [1.29, 1.82) is 0 Å². The molecule has 0 bridgehead atoms. The summed E-state index contributed by atoms with van der Waals surface area (Å²) in [5, 5.41) is 19.5. The lowest BCUT2D eigenvalue weighted by Crippen LogP contribution is -2.46. The normalized spacial score (nSPS) is 25.0. The highest BCUT2D eigenvalue weighted by Gasteiger charge is 2.30. The molecule has 0 amide bonds. The minimum Gasteiger partial charge on any atom is -0.396 e. The molecule has 0 radical (unpaired) electrons. The quantitative estimate of drug-likeness (QED) is 0.852. The molecule has 6 nitrogen and oxygen atoms in total. The van der Waals surface area contributed by atoms with Crippen LogP contribution in [0.25, 0.3) is 0 Å². The molecule has 6 heteroatoms. The second-order valence-corrected chi connectivity index (χ2v) is 6.62. The Bertz CT molecular complexity index is 535. The van der Waals surface area contributed by atoms with E-state index in [0.29, 0.717) is 6.54 Å². The van der Waals surface area contributed by atoms with Crippen molar-refractivity contribution < 1.29 is 10.2 Å². The van der Waals surface area contributed by atoms with Gasteiger partial charge in [0.15, 0.2) is 0 Å². The van der Waals surface area contributed by atoms with Gasteiger partial charge < -0.3 is 20.0 Å². The predicted octanol–water partition coefficient (Wildman–Crippen LogP) is 0.601. The van der Waals surface area contributed by atoms with Gasteiger partial charge in [-0.2, -0.15) is 4.98 Å². The lowest BCUT2D eigenvalue weighted by molar-refractivity contribution is 0.0545. The lowest BCUT2D eigenvalue weighted by Gasteiger charge is -2.37. The van der Waals surface area contributed by atoms with Crippen molar-refractivity contribution >= 4 is 11.8 Å². The third-order valence-electron chi connectivity index (χ3n) is 4.80. The number of aliphatic hydroxyl groups is 2. The first-order valence-electron chi connectivity index (χ1n) is 8.21. The average Bonchev–Trinajstić information content (AvgIpc) is 2.53. The maximum atomic E-state index is 10.2. The van der Waals surface area contributed by atoms with Crippen LogP contribution in [-0.2, 0) is 12.8 Å². The van der Waals surface area contributed by atoms with Crippen LogP contribution >= 0.6 is 0 Å². The van der Waals surface area contributed by atoms with Gasteiger partial charge in [-0.1, -0.05) is 0 Å². The molecule has 1 saturated heterocycles. The van der Waals surface area contributed by atoms with Gasteiger partial charge in [-0.25, -0.2) is 4.98 Å². The van der Waals surface area contributed by atoms with Crippen LogP contribution in [0, 0.1) is 5.92 Å². The summed E-state index contributed by atoms with van der Waals surface area (Å²) in [6, 6.07) is 0. The molecule has 0 unspecified atom stereocenters. The highest BCUT2D eigenvalue weighted by atomic mass is 16.3. The van der Waals surface area contributed by atoms with Gasteiger partial charge in [0.1, 0.15) is 5.82 Å². The van der Waals surface area contributed by atoms with E-state index < -0.39 is 6.10 Å². The van der Waals surface area contributed by atoms with Crippen LogP contribution in [0.2, 0.25) is 0 Å². The standard InChI is InChI=1S/C16H26N4O2/c1-19(2)16-17-13-6-4-3-5-12(13)15(18-16)20-8-7-11(10-21)14(22)9-20/h11,14,21-22H,3-10H2,1-2H3/t11-,14+/m1/s1. The first kappa shape index (κ1) is 15.5. The number of hydrogen-bond donors (Lipinski definition) is 2. The Morgan fingerprint density at radius 3 is 2.68 bits per heavy atom. The Labute approximate surface area is 131 Å². The van der Waals surface area contributed by atoms with E-state index in [1.165, 1.54) is 24.1 Å². The number of nitrogens with zero attached hydrogens (tertiary/aromatic N) is 4. The molecule has 2 heterocycles. The molecular weight excluding hydrogens is 280 g/mol. The first-order valence-corrected chi connectivity index (χ1v) is 8.21. The van der Waals surface area contributed by atoms with Crippen LogP contribution in [-0.4, -0.2) is 60.1 Å². The van der Waals surface area contributed by atoms with E-state index >= 15 is 0 Å². The van der Waals surface area contributed by atoms with Crippen molar-refractivity contribution in [2.75, 3.05) is 43.6 Å². The molecule has 2 atom stereocenters. The fourth-order valence-corrected chi connectivity index (χ4v) is 3.41. The molecule has 1 aliphatic heterocycles. The largest absolute Gasteiger partial charge is 0.396 e. The Kier molecular flexibility index (Phi) is 4.49. The number of fused-ring (bicyclic) bond motifs is 1. The molecule has 3 rings (SSSR count). The van der Waals surface area contributed by atoms with Crippen LogP contribution < -0.4 is 9.80 Å². The average molecular weight is 306 g/mol. The van der Waals surface area contributed by atoms with E-state index in [1.54, 1.807) is 0 Å². The van der Waals surface area contributed by atoms with Gasteiger partial charge in [0.05, 0.1) is 11.8 Å². The van der Waals surface area contributed by atoms with E-state index in [9.17, 15) is 10.2 Å². The molecule has 1 aliphatic carbocycles. The van der Waals surface area contributed by atoms with Crippen LogP contribution in [0.1, 0.15) is 30.5 Å². The zero-order valence-corrected chi connectivity index (χ0v) is 13.5. The lowest BCUT2D eigenvalue weighted by atomic mass is 9.92. The van der Waals surface area contributed by atoms with E-state index in [2.05, 4.69) is 4.90 Å². The number of anilines is 2. The first-order chi connectivity index (χ1) is 10.6. The molecular formula is C16H26N4O2. The van der Waals surface area contributed by atoms with E-state index in [4.69, 9.17) is 9.97 Å². The van der Waals surface area contributed by atoms with Crippen LogP contribution in [0.4, 0.5) is 11.8 Å². The van der Waals surface area contributed by atoms with Crippen LogP contribution in [0.5, 0.6) is 0 Å². The predicted molar refractivity (Wildman–Crippen MR) is 86.4 cm³/mol. The molecule has 122 valence electrons. The topological polar surface area (TPSA) is 72.7 Å². The molecule has 1 aromatic heterocycles. The molecule has 0 aromatic carbocycles. The Morgan fingerprint density at radius 1 is 1.23 bits per heavy atom. The Balaban J connectivity index is 1.93. The van der Waals surface area contributed by atoms with Crippen molar-refractivity contribution in [2.24, 2.45) is 5.92 Å². The summed E-state index contributed by atoms with van der Waals surface area (Å²) in [7, 11) is 3.92.